The fraction of sp³-hybridized carbons (Fsp3) is 0.706. The lowest BCUT2D eigenvalue weighted by molar-refractivity contribution is 0.0655. The van der Waals surface area contributed by atoms with E-state index in [0.717, 1.165) is 25.9 Å². The van der Waals surface area contributed by atoms with Crippen LogP contribution in [0.1, 0.15) is 25.3 Å². The molecule has 6 heteroatoms. The van der Waals surface area contributed by atoms with Crippen LogP contribution in [0.2, 0.25) is 0 Å². The molecular weight excluding hydrogens is 297 g/mol. The van der Waals surface area contributed by atoms with Gasteiger partial charge in [0.25, 0.3) is 0 Å². The maximum Gasteiger partial charge on any atom is 0.220 e. The first-order valence-corrected chi connectivity index (χ1v) is 8.43. The summed E-state index contributed by atoms with van der Waals surface area (Å²) in [5.74, 6) is 0.630. The minimum absolute atomic E-state index is 0.404. The number of likely N-dealkylation sites (tertiary alicyclic amines) is 2. The molecule has 0 aliphatic carbocycles. The monoisotopic (exact) mass is 323 g/mol. The number of ether oxygens (including phenoxy) is 2. The molecule has 0 unspecified atom stereocenters. The number of pyridine rings is 1. The molecule has 1 aromatic rings. The Kier molecular flexibility index (Phi) is 5.02. The highest BCUT2D eigenvalue weighted by molar-refractivity contribution is 5.44. The molecule has 2 atom stereocenters. The van der Waals surface area contributed by atoms with Gasteiger partial charge in [-0.1, -0.05) is 6.92 Å². The van der Waals surface area contributed by atoms with Crippen LogP contribution in [-0.2, 0) is 6.42 Å². The van der Waals surface area contributed by atoms with E-state index < -0.39 is 5.95 Å². The number of aromatic nitrogens is 1. The average Bonchev–Trinajstić information content (AvgIpc) is 2.54. The van der Waals surface area contributed by atoms with Crippen LogP contribution in [0.5, 0.6) is 11.5 Å². The number of hydrogen-bond acceptors (Lipinski definition) is 5. The number of hydrogen-bond donors (Lipinski definition) is 0. The Morgan fingerprint density at radius 1 is 1.13 bits per heavy atom. The van der Waals surface area contributed by atoms with Crippen molar-refractivity contribution in [3.63, 3.8) is 0 Å². The van der Waals surface area contributed by atoms with Crippen molar-refractivity contribution >= 4 is 0 Å². The third-order valence-electron chi connectivity index (χ3n) is 5.12. The molecule has 1 aromatic heterocycles. The van der Waals surface area contributed by atoms with Gasteiger partial charge in [-0.2, -0.15) is 4.39 Å². The maximum atomic E-state index is 14.0. The summed E-state index contributed by atoms with van der Waals surface area (Å²) in [6.07, 6.45) is 4.24. The van der Waals surface area contributed by atoms with Crippen LogP contribution in [0.25, 0.3) is 0 Å². The first-order chi connectivity index (χ1) is 11.1. The molecule has 2 fully saturated rings. The predicted molar refractivity (Wildman–Crippen MR) is 86.6 cm³/mol. The van der Waals surface area contributed by atoms with E-state index in [1.54, 1.807) is 0 Å². The van der Waals surface area contributed by atoms with E-state index in [-0.39, 0.29) is 0 Å². The van der Waals surface area contributed by atoms with E-state index in [2.05, 4.69) is 28.9 Å². The van der Waals surface area contributed by atoms with Gasteiger partial charge in [-0.3, -0.25) is 9.80 Å². The lowest BCUT2D eigenvalue weighted by Crippen LogP contribution is -2.48. The van der Waals surface area contributed by atoms with Gasteiger partial charge in [0.2, 0.25) is 5.95 Å². The smallest absolute Gasteiger partial charge is 0.220 e. The van der Waals surface area contributed by atoms with E-state index in [0.29, 0.717) is 48.8 Å². The Morgan fingerprint density at radius 2 is 1.74 bits per heavy atom. The zero-order valence-electron chi connectivity index (χ0n) is 14.2. The topological polar surface area (TPSA) is 37.8 Å². The quantitative estimate of drug-likeness (QED) is 0.717. The molecule has 3 heterocycles. The van der Waals surface area contributed by atoms with Gasteiger partial charge >= 0.3 is 0 Å². The highest BCUT2D eigenvalue weighted by Crippen LogP contribution is 2.34. The Morgan fingerprint density at radius 3 is 2.22 bits per heavy atom. The summed E-state index contributed by atoms with van der Waals surface area (Å²) in [7, 11) is 4.16. The molecule has 0 aromatic carbocycles. The highest BCUT2D eigenvalue weighted by Gasteiger charge is 2.28. The maximum absolute atomic E-state index is 14.0. The van der Waals surface area contributed by atoms with Crippen molar-refractivity contribution in [2.45, 2.75) is 38.3 Å². The third-order valence-corrected chi connectivity index (χ3v) is 5.12. The molecule has 3 rings (SSSR count). The number of rotatable bonds is 7. The summed E-state index contributed by atoms with van der Waals surface area (Å²) < 4.78 is 25.9. The molecular formula is C17H26FN3O2. The molecule has 23 heavy (non-hydrogen) atoms. The van der Waals surface area contributed by atoms with Crippen molar-refractivity contribution < 1.29 is 13.9 Å². The van der Waals surface area contributed by atoms with E-state index >= 15 is 0 Å². The molecule has 0 amide bonds. The second-order valence-electron chi connectivity index (χ2n) is 6.54. The lowest BCUT2D eigenvalue weighted by Gasteiger charge is -2.38. The van der Waals surface area contributed by atoms with Crippen molar-refractivity contribution in [2.24, 2.45) is 0 Å². The van der Waals surface area contributed by atoms with Crippen molar-refractivity contribution in [1.29, 1.82) is 0 Å². The fourth-order valence-electron chi connectivity index (χ4n) is 2.99. The van der Waals surface area contributed by atoms with Crippen LogP contribution in [-0.4, -0.2) is 67.3 Å². The van der Waals surface area contributed by atoms with Crippen LogP contribution < -0.4 is 9.47 Å². The van der Waals surface area contributed by atoms with Gasteiger partial charge in [0, 0.05) is 12.1 Å². The van der Waals surface area contributed by atoms with Gasteiger partial charge in [-0.15, -0.1) is 0 Å². The Bertz CT molecular complexity index is 555. The SMILES string of the molecule is CCc1c(F)ncc(OC[C@H]2CCN2C)c1OC[C@H]1CCN1C. The fourth-order valence-corrected chi connectivity index (χ4v) is 2.99. The van der Waals surface area contributed by atoms with E-state index in [9.17, 15) is 4.39 Å². The summed E-state index contributed by atoms with van der Waals surface area (Å²) in [5.41, 5.74) is 0.506. The molecule has 2 aliphatic heterocycles. The zero-order valence-corrected chi connectivity index (χ0v) is 14.2. The van der Waals surface area contributed by atoms with Gasteiger partial charge in [0.05, 0.1) is 11.8 Å². The average molecular weight is 323 g/mol. The second-order valence-corrected chi connectivity index (χ2v) is 6.54. The Hall–Kier alpha value is -1.40. The standard InChI is InChI=1S/C17H26FN3O2/c1-4-14-16(23-11-13-6-8-21(13)3)15(9-19-17(14)18)22-10-12-5-7-20(12)2/h9,12-13H,4-8,10-11H2,1-3H3/t12-,13-/m1/s1. The van der Waals surface area contributed by atoms with Crippen molar-refractivity contribution in [3.8, 4) is 11.5 Å². The summed E-state index contributed by atoms with van der Waals surface area (Å²) >= 11 is 0. The highest BCUT2D eigenvalue weighted by atomic mass is 19.1. The molecule has 2 aliphatic rings. The summed E-state index contributed by atoms with van der Waals surface area (Å²) in [6, 6.07) is 0.831. The van der Waals surface area contributed by atoms with Crippen LogP contribution in [0.4, 0.5) is 4.39 Å². The van der Waals surface area contributed by atoms with Crippen LogP contribution in [0.15, 0.2) is 6.20 Å². The van der Waals surface area contributed by atoms with Crippen molar-refractivity contribution in [2.75, 3.05) is 40.4 Å². The molecule has 0 spiro atoms. The Balaban J connectivity index is 1.71. The van der Waals surface area contributed by atoms with E-state index in [4.69, 9.17) is 9.47 Å². The molecule has 0 bridgehead atoms. The molecule has 0 radical (unpaired) electrons. The summed E-state index contributed by atoms with van der Waals surface area (Å²) in [4.78, 5) is 8.33. The van der Waals surface area contributed by atoms with Crippen LogP contribution >= 0.6 is 0 Å². The predicted octanol–water partition coefficient (Wildman–Crippen LogP) is 1.95. The first kappa shape index (κ1) is 16.5. The lowest BCUT2D eigenvalue weighted by atomic mass is 10.1. The first-order valence-electron chi connectivity index (χ1n) is 8.43. The molecule has 0 N–H and O–H groups in total. The molecule has 5 nitrogen and oxygen atoms in total. The molecule has 2 saturated heterocycles. The molecule has 128 valence electrons. The number of nitrogens with zero attached hydrogens (tertiary/aromatic N) is 3. The van der Waals surface area contributed by atoms with Gasteiger partial charge in [-0.25, -0.2) is 4.98 Å². The second kappa shape index (κ2) is 7.01. The zero-order chi connectivity index (χ0) is 16.4. The summed E-state index contributed by atoms with van der Waals surface area (Å²) in [5, 5.41) is 0. The van der Waals surface area contributed by atoms with Crippen molar-refractivity contribution in [1.82, 2.24) is 14.8 Å². The number of likely N-dealkylation sites (N-methyl/N-ethyl adjacent to an activating group) is 2. The van der Waals surface area contributed by atoms with Gasteiger partial charge in [-0.05, 0) is 46.4 Å². The normalized spacial score (nSPS) is 24.9. The van der Waals surface area contributed by atoms with E-state index in [1.165, 1.54) is 6.20 Å². The van der Waals surface area contributed by atoms with Crippen molar-refractivity contribution in [3.05, 3.63) is 17.7 Å². The van der Waals surface area contributed by atoms with Crippen LogP contribution in [0, 0.1) is 5.95 Å². The summed E-state index contributed by atoms with van der Waals surface area (Å²) in [6.45, 7) is 5.26. The minimum atomic E-state index is -0.461. The molecule has 0 saturated carbocycles. The third kappa shape index (κ3) is 3.43. The van der Waals surface area contributed by atoms with Crippen LogP contribution in [0.3, 0.4) is 0 Å². The minimum Gasteiger partial charge on any atom is -0.488 e. The van der Waals surface area contributed by atoms with Gasteiger partial charge < -0.3 is 9.47 Å². The van der Waals surface area contributed by atoms with E-state index in [1.807, 2.05) is 6.92 Å². The largest absolute Gasteiger partial charge is 0.488 e. The number of halogens is 1. The van der Waals surface area contributed by atoms with Gasteiger partial charge in [0.15, 0.2) is 11.5 Å². The Labute approximate surface area is 137 Å². The van der Waals surface area contributed by atoms with Gasteiger partial charge in [0.1, 0.15) is 13.2 Å².